The molecule has 0 saturated heterocycles. The van der Waals surface area contributed by atoms with Crippen molar-refractivity contribution in [2.24, 2.45) is 0 Å². The summed E-state index contributed by atoms with van der Waals surface area (Å²) >= 11 is 6.09. The molecule has 108 valence electrons. The zero-order valence-corrected chi connectivity index (χ0v) is 12.4. The van der Waals surface area contributed by atoms with Gasteiger partial charge < -0.3 is 10.6 Å². The van der Waals surface area contributed by atoms with Crippen molar-refractivity contribution in [2.75, 3.05) is 18.4 Å². The lowest BCUT2D eigenvalue weighted by molar-refractivity contribution is 0.468. The molecule has 0 atom stereocenters. The molecule has 1 aromatic rings. The fourth-order valence-electron chi connectivity index (χ4n) is 2.59. The molecule has 1 fully saturated rings. The minimum absolute atomic E-state index is 0.407. The van der Waals surface area contributed by atoms with Crippen molar-refractivity contribution in [3.05, 3.63) is 22.8 Å². The van der Waals surface area contributed by atoms with Crippen molar-refractivity contribution >= 4 is 17.4 Å². The van der Waals surface area contributed by atoms with E-state index in [-0.39, 0.29) is 0 Å². The standard InChI is InChI=1S/C15H21ClN4/c16-14-12(11-17)7-8-19-15(14)20-10-9-18-13-5-3-1-2-4-6-13/h7-8,13,18H,1-6,9-10H2,(H,19,20). The molecule has 0 amide bonds. The molecular formula is C15H21ClN4. The van der Waals surface area contributed by atoms with Gasteiger partial charge >= 0.3 is 0 Å². The molecular weight excluding hydrogens is 272 g/mol. The van der Waals surface area contributed by atoms with Crippen molar-refractivity contribution < 1.29 is 0 Å². The molecule has 1 aromatic heterocycles. The molecule has 20 heavy (non-hydrogen) atoms. The van der Waals surface area contributed by atoms with Gasteiger partial charge in [0.1, 0.15) is 16.9 Å². The summed E-state index contributed by atoms with van der Waals surface area (Å²) in [5.41, 5.74) is 0.459. The summed E-state index contributed by atoms with van der Waals surface area (Å²) in [6, 6.07) is 4.33. The Morgan fingerprint density at radius 2 is 2.00 bits per heavy atom. The van der Waals surface area contributed by atoms with E-state index in [1.54, 1.807) is 12.3 Å². The number of rotatable bonds is 5. The van der Waals surface area contributed by atoms with Crippen LogP contribution >= 0.6 is 11.6 Å². The highest BCUT2D eigenvalue weighted by molar-refractivity contribution is 6.34. The SMILES string of the molecule is N#Cc1ccnc(NCCNC2CCCCCC2)c1Cl. The van der Waals surface area contributed by atoms with Crippen LogP contribution in [0.5, 0.6) is 0 Å². The number of nitrogens with one attached hydrogen (secondary N) is 2. The lowest BCUT2D eigenvalue weighted by atomic mass is 10.1. The lowest BCUT2D eigenvalue weighted by Crippen LogP contribution is -2.32. The second kappa shape index (κ2) is 8.08. The quantitative estimate of drug-likeness (QED) is 0.645. The highest BCUT2D eigenvalue weighted by Crippen LogP contribution is 2.22. The maximum atomic E-state index is 8.91. The zero-order chi connectivity index (χ0) is 14.2. The van der Waals surface area contributed by atoms with Gasteiger partial charge in [0.05, 0.1) is 5.56 Å². The molecule has 1 aliphatic carbocycles. The fraction of sp³-hybridized carbons (Fsp3) is 0.600. The van der Waals surface area contributed by atoms with E-state index in [0.717, 1.165) is 13.1 Å². The minimum Gasteiger partial charge on any atom is -0.368 e. The van der Waals surface area contributed by atoms with Gasteiger partial charge in [-0.25, -0.2) is 4.98 Å². The number of hydrogen-bond donors (Lipinski definition) is 2. The van der Waals surface area contributed by atoms with Crippen LogP contribution in [-0.4, -0.2) is 24.1 Å². The van der Waals surface area contributed by atoms with Crippen molar-refractivity contribution in [3.8, 4) is 6.07 Å². The number of aromatic nitrogens is 1. The third kappa shape index (κ3) is 4.36. The van der Waals surface area contributed by atoms with Crippen molar-refractivity contribution in [2.45, 2.75) is 44.6 Å². The second-order valence-electron chi connectivity index (χ2n) is 5.20. The predicted octanol–water partition coefficient (Wildman–Crippen LogP) is 3.33. The predicted molar refractivity (Wildman–Crippen MR) is 81.9 cm³/mol. The molecule has 0 aromatic carbocycles. The van der Waals surface area contributed by atoms with E-state index < -0.39 is 0 Å². The first-order valence-electron chi connectivity index (χ1n) is 7.33. The largest absolute Gasteiger partial charge is 0.368 e. The van der Waals surface area contributed by atoms with Gasteiger partial charge in [-0.1, -0.05) is 37.3 Å². The first-order chi connectivity index (χ1) is 9.81. The molecule has 0 aliphatic heterocycles. The maximum absolute atomic E-state index is 8.91. The Kier molecular flexibility index (Phi) is 6.10. The number of anilines is 1. The van der Waals surface area contributed by atoms with Gasteiger partial charge in [-0.15, -0.1) is 0 Å². The van der Waals surface area contributed by atoms with Crippen LogP contribution in [0.1, 0.15) is 44.1 Å². The highest BCUT2D eigenvalue weighted by Gasteiger charge is 2.11. The molecule has 2 N–H and O–H groups in total. The summed E-state index contributed by atoms with van der Waals surface area (Å²) in [6.45, 7) is 1.65. The molecule has 1 saturated carbocycles. The Balaban J connectivity index is 1.74. The third-order valence-corrected chi connectivity index (χ3v) is 4.10. The molecule has 0 spiro atoms. The van der Waals surface area contributed by atoms with Gasteiger partial charge in [0, 0.05) is 25.3 Å². The smallest absolute Gasteiger partial charge is 0.146 e. The van der Waals surface area contributed by atoms with Gasteiger partial charge in [0.2, 0.25) is 0 Å². The first-order valence-corrected chi connectivity index (χ1v) is 7.71. The van der Waals surface area contributed by atoms with E-state index in [2.05, 4.69) is 21.7 Å². The maximum Gasteiger partial charge on any atom is 0.146 e. The van der Waals surface area contributed by atoms with Crippen LogP contribution in [0.4, 0.5) is 5.82 Å². The summed E-state index contributed by atoms with van der Waals surface area (Å²) in [5, 5.41) is 16.1. The van der Waals surface area contributed by atoms with E-state index in [0.29, 0.717) is 22.4 Å². The van der Waals surface area contributed by atoms with Crippen LogP contribution in [0.25, 0.3) is 0 Å². The van der Waals surface area contributed by atoms with Crippen LogP contribution in [0.3, 0.4) is 0 Å². The molecule has 0 bridgehead atoms. The van der Waals surface area contributed by atoms with E-state index >= 15 is 0 Å². The number of hydrogen-bond acceptors (Lipinski definition) is 4. The summed E-state index contributed by atoms with van der Waals surface area (Å²) in [7, 11) is 0. The molecule has 1 aliphatic rings. The number of pyridine rings is 1. The first kappa shape index (κ1) is 15.1. The van der Waals surface area contributed by atoms with Crippen LogP contribution in [0.2, 0.25) is 5.02 Å². The van der Waals surface area contributed by atoms with Gasteiger partial charge in [-0.05, 0) is 18.9 Å². The Labute approximate surface area is 125 Å². The Bertz CT molecular complexity index is 461. The Morgan fingerprint density at radius 3 is 2.70 bits per heavy atom. The van der Waals surface area contributed by atoms with Crippen LogP contribution in [-0.2, 0) is 0 Å². The second-order valence-corrected chi connectivity index (χ2v) is 5.58. The topological polar surface area (TPSA) is 60.7 Å². The summed E-state index contributed by atoms with van der Waals surface area (Å²) < 4.78 is 0. The Morgan fingerprint density at radius 1 is 1.25 bits per heavy atom. The summed E-state index contributed by atoms with van der Waals surface area (Å²) in [4.78, 5) is 4.16. The molecule has 0 radical (unpaired) electrons. The Hall–Kier alpha value is -1.31. The van der Waals surface area contributed by atoms with E-state index in [4.69, 9.17) is 16.9 Å². The average Bonchev–Trinajstić information content (AvgIpc) is 2.74. The third-order valence-electron chi connectivity index (χ3n) is 3.72. The van der Waals surface area contributed by atoms with Gasteiger partial charge in [-0.2, -0.15) is 5.26 Å². The van der Waals surface area contributed by atoms with Crippen LogP contribution in [0.15, 0.2) is 12.3 Å². The molecule has 1 heterocycles. The van der Waals surface area contributed by atoms with Crippen molar-refractivity contribution in [1.29, 1.82) is 5.26 Å². The fourth-order valence-corrected chi connectivity index (χ4v) is 2.81. The van der Waals surface area contributed by atoms with E-state index in [9.17, 15) is 0 Å². The van der Waals surface area contributed by atoms with Crippen molar-refractivity contribution in [3.63, 3.8) is 0 Å². The van der Waals surface area contributed by atoms with E-state index in [1.807, 2.05) is 0 Å². The summed E-state index contributed by atoms with van der Waals surface area (Å²) in [6.07, 6.45) is 9.58. The molecule has 4 nitrogen and oxygen atoms in total. The number of halogens is 1. The zero-order valence-electron chi connectivity index (χ0n) is 11.7. The number of nitrogens with zero attached hydrogens (tertiary/aromatic N) is 2. The monoisotopic (exact) mass is 292 g/mol. The van der Waals surface area contributed by atoms with Gasteiger partial charge in [0.25, 0.3) is 0 Å². The van der Waals surface area contributed by atoms with Gasteiger partial charge in [-0.3, -0.25) is 0 Å². The van der Waals surface area contributed by atoms with Gasteiger partial charge in [0.15, 0.2) is 0 Å². The minimum atomic E-state index is 0.407. The number of nitriles is 1. The summed E-state index contributed by atoms with van der Waals surface area (Å²) in [5.74, 6) is 0.591. The molecule has 2 rings (SSSR count). The van der Waals surface area contributed by atoms with Crippen molar-refractivity contribution in [1.82, 2.24) is 10.3 Å². The highest BCUT2D eigenvalue weighted by atomic mass is 35.5. The lowest BCUT2D eigenvalue weighted by Gasteiger charge is -2.16. The average molecular weight is 293 g/mol. The van der Waals surface area contributed by atoms with Crippen LogP contribution in [0, 0.1) is 11.3 Å². The van der Waals surface area contributed by atoms with Crippen LogP contribution < -0.4 is 10.6 Å². The molecule has 5 heteroatoms. The molecule has 0 unspecified atom stereocenters. The van der Waals surface area contributed by atoms with E-state index in [1.165, 1.54) is 38.5 Å². The normalized spacial score (nSPS) is 16.4.